The summed E-state index contributed by atoms with van der Waals surface area (Å²) < 4.78 is 24.0. The topological polar surface area (TPSA) is 72.2 Å². The van der Waals surface area contributed by atoms with Crippen LogP contribution in [-0.4, -0.2) is 19.7 Å². The van der Waals surface area contributed by atoms with Crippen molar-refractivity contribution in [2.45, 2.75) is 24.3 Å². The lowest BCUT2D eigenvalue weighted by Crippen LogP contribution is -2.43. The van der Waals surface area contributed by atoms with Crippen molar-refractivity contribution >= 4 is 21.2 Å². The van der Waals surface area contributed by atoms with E-state index in [0.29, 0.717) is 11.4 Å². The zero-order valence-corrected chi connectivity index (χ0v) is 9.56. The van der Waals surface area contributed by atoms with Crippen LogP contribution in [0.1, 0.15) is 13.8 Å². The minimum Gasteiger partial charge on any atom is -0.398 e. The first-order chi connectivity index (χ1) is 6.82. The van der Waals surface area contributed by atoms with Crippen LogP contribution in [0.15, 0.2) is 23.1 Å². The fourth-order valence-corrected chi connectivity index (χ4v) is 4.00. The second kappa shape index (κ2) is 2.88. The Morgan fingerprint density at radius 3 is 2.73 bits per heavy atom. The minimum absolute atomic E-state index is 0.0706. The summed E-state index contributed by atoms with van der Waals surface area (Å²) in [6, 6.07) is 5.10. The summed E-state index contributed by atoms with van der Waals surface area (Å²) in [4.78, 5) is 0.240. The maximum Gasteiger partial charge on any atom is 0.184 e. The first-order valence-electron chi connectivity index (χ1n) is 4.71. The summed E-state index contributed by atoms with van der Waals surface area (Å²) >= 11 is 0. The average Bonchev–Trinajstić information content (AvgIpc) is 1.97. The van der Waals surface area contributed by atoms with E-state index in [1.807, 2.05) is 13.8 Å². The average molecular weight is 226 g/mol. The Hall–Kier alpha value is -1.23. The normalized spacial score (nSPS) is 21.5. The third-order valence-electron chi connectivity index (χ3n) is 2.38. The number of nitrogens with two attached hydrogens (primary N) is 1. The van der Waals surface area contributed by atoms with E-state index in [2.05, 4.69) is 5.32 Å². The van der Waals surface area contributed by atoms with Gasteiger partial charge in [-0.25, -0.2) is 8.42 Å². The van der Waals surface area contributed by atoms with E-state index in [1.165, 1.54) is 0 Å². The standard InChI is InChI=1S/C10H14N2O2S/c1-10(2)6-15(13,14)9-7(11)4-3-5-8(9)12-10/h3-5,12H,6,11H2,1-2H3. The fourth-order valence-electron chi connectivity index (χ4n) is 1.95. The molecule has 0 aliphatic carbocycles. The monoisotopic (exact) mass is 226 g/mol. The van der Waals surface area contributed by atoms with Crippen molar-refractivity contribution in [1.82, 2.24) is 0 Å². The maximum absolute atomic E-state index is 12.0. The molecule has 1 aliphatic heterocycles. The van der Waals surface area contributed by atoms with Gasteiger partial charge in [0.15, 0.2) is 9.84 Å². The molecule has 3 N–H and O–H groups in total. The second-order valence-corrected chi connectivity index (χ2v) is 6.42. The highest BCUT2D eigenvalue weighted by Crippen LogP contribution is 2.36. The van der Waals surface area contributed by atoms with Crippen LogP contribution in [0.3, 0.4) is 0 Å². The van der Waals surface area contributed by atoms with E-state index >= 15 is 0 Å². The second-order valence-electron chi connectivity index (χ2n) is 4.49. The molecule has 0 fully saturated rings. The van der Waals surface area contributed by atoms with Gasteiger partial charge in [0.25, 0.3) is 0 Å². The van der Waals surface area contributed by atoms with Gasteiger partial charge in [-0.05, 0) is 26.0 Å². The van der Waals surface area contributed by atoms with Crippen molar-refractivity contribution in [3.05, 3.63) is 18.2 Å². The van der Waals surface area contributed by atoms with Gasteiger partial charge in [0, 0.05) is 5.54 Å². The van der Waals surface area contributed by atoms with Gasteiger partial charge in [0.1, 0.15) is 4.90 Å². The van der Waals surface area contributed by atoms with Gasteiger partial charge in [0.05, 0.1) is 17.1 Å². The first-order valence-corrected chi connectivity index (χ1v) is 6.36. The first kappa shape index (κ1) is 10.3. The van der Waals surface area contributed by atoms with Crippen molar-refractivity contribution in [2.75, 3.05) is 16.8 Å². The lowest BCUT2D eigenvalue weighted by atomic mass is 10.1. The molecule has 2 rings (SSSR count). The van der Waals surface area contributed by atoms with Crippen LogP contribution in [0.25, 0.3) is 0 Å². The maximum atomic E-state index is 12.0. The molecule has 1 aromatic carbocycles. The Bertz CT molecular complexity index is 506. The van der Waals surface area contributed by atoms with Crippen molar-refractivity contribution in [1.29, 1.82) is 0 Å². The van der Waals surface area contributed by atoms with E-state index < -0.39 is 15.4 Å². The molecule has 0 aromatic heterocycles. The van der Waals surface area contributed by atoms with Crippen molar-refractivity contribution < 1.29 is 8.42 Å². The lowest BCUT2D eigenvalue weighted by Gasteiger charge is -2.33. The summed E-state index contributed by atoms with van der Waals surface area (Å²) in [5.41, 5.74) is 6.16. The Balaban J connectivity index is 2.72. The molecule has 0 bridgehead atoms. The number of fused-ring (bicyclic) bond motifs is 1. The van der Waals surface area contributed by atoms with Gasteiger partial charge in [-0.1, -0.05) is 6.07 Å². The van der Waals surface area contributed by atoms with Gasteiger partial charge in [-0.3, -0.25) is 0 Å². The third kappa shape index (κ3) is 1.67. The van der Waals surface area contributed by atoms with Crippen molar-refractivity contribution in [3.63, 3.8) is 0 Å². The molecule has 4 nitrogen and oxygen atoms in total. The number of benzene rings is 1. The molecule has 82 valence electrons. The molecule has 5 heteroatoms. The highest BCUT2D eigenvalue weighted by atomic mass is 32.2. The highest BCUT2D eigenvalue weighted by Gasteiger charge is 2.36. The van der Waals surface area contributed by atoms with E-state index in [4.69, 9.17) is 5.73 Å². The summed E-state index contributed by atoms with van der Waals surface area (Å²) in [7, 11) is -3.27. The highest BCUT2D eigenvalue weighted by molar-refractivity contribution is 7.91. The predicted octanol–water partition coefficient (Wildman–Crippen LogP) is 1.25. The zero-order valence-electron chi connectivity index (χ0n) is 8.74. The number of hydrogen-bond acceptors (Lipinski definition) is 4. The smallest absolute Gasteiger partial charge is 0.184 e. The van der Waals surface area contributed by atoms with E-state index in [1.54, 1.807) is 18.2 Å². The molecule has 0 unspecified atom stereocenters. The van der Waals surface area contributed by atoms with Gasteiger partial charge in [-0.2, -0.15) is 0 Å². The van der Waals surface area contributed by atoms with Gasteiger partial charge >= 0.3 is 0 Å². The molecule has 15 heavy (non-hydrogen) atoms. The van der Waals surface area contributed by atoms with Crippen LogP contribution in [0.4, 0.5) is 11.4 Å². The number of rotatable bonds is 0. The largest absolute Gasteiger partial charge is 0.398 e. The van der Waals surface area contributed by atoms with Crippen LogP contribution in [0.5, 0.6) is 0 Å². The van der Waals surface area contributed by atoms with Crippen LogP contribution in [0.2, 0.25) is 0 Å². The van der Waals surface area contributed by atoms with Crippen molar-refractivity contribution in [3.8, 4) is 0 Å². The van der Waals surface area contributed by atoms with E-state index in [9.17, 15) is 8.42 Å². The zero-order chi connectivity index (χ0) is 11.3. The molecule has 0 amide bonds. The van der Waals surface area contributed by atoms with Crippen LogP contribution in [0, 0.1) is 0 Å². The Morgan fingerprint density at radius 1 is 1.40 bits per heavy atom. The lowest BCUT2D eigenvalue weighted by molar-refractivity contribution is 0.557. The molecular formula is C10H14N2O2S. The third-order valence-corrected chi connectivity index (χ3v) is 4.56. The number of sulfone groups is 1. The van der Waals surface area contributed by atoms with Gasteiger partial charge < -0.3 is 11.1 Å². The molecule has 0 saturated carbocycles. The van der Waals surface area contributed by atoms with Crippen LogP contribution >= 0.6 is 0 Å². The van der Waals surface area contributed by atoms with E-state index in [0.717, 1.165) is 0 Å². The van der Waals surface area contributed by atoms with Gasteiger partial charge in [0.2, 0.25) is 0 Å². The summed E-state index contributed by atoms with van der Waals surface area (Å²) in [6.07, 6.45) is 0. The van der Waals surface area contributed by atoms with Crippen LogP contribution in [-0.2, 0) is 9.84 Å². The minimum atomic E-state index is -3.27. The Morgan fingerprint density at radius 2 is 2.07 bits per heavy atom. The molecule has 0 atom stereocenters. The van der Waals surface area contributed by atoms with Crippen LogP contribution < -0.4 is 11.1 Å². The molecular weight excluding hydrogens is 212 g/mol. The molecule has 1 aliphatic rings. The van der Waals surface area contributed by atoms with E-state index in [-0.39, 0.29) is 10.6 Å². The molecule has 0 spiro atoms. The Kier molecular flexibility index (Phi) is 1.98. The number of anilines is 2. The predicted molar refractivity (Wildman–Crippen MR) is 60.6 cm³/mol. The summed E-state index contributed by atoms with van der Waals surface area (Å²) in [5.74, 6) is 0.0706. The quantitative estimate of drug-likeness (QED) is 0.653. The fraction of sp³-hybridized carbons (Fsp3) is 0.400. The molecule has 0 saturated heterocycles. The Labute approximate surface area is 89.4 Å². The number of nitrogens with one attached hydrogen (secondary N) is 1. The van der Waals surface area contributed by atoms with Gasteiger partial charge in [-0.15, -0.1) is 0 Å². The van der Waals surface area contributed by atoms with Crippen molar-refractivity contribution in [2.24, 2.45) is 0 Å². The number of hydrogen-bond donors (Lipinski definition) is 2. The summed E-state index contributed by atoms with van der Waals surface area (Å²) in [6.45, 7) is 3.72. The summed E-state index contributed by atoms with van der Waals surface area (Å²) in [5, 5.41) is 3.17. The number of nitrogen functional groups attached to an aromatic ring is 1. The molecule has 1 heterocycles. The molecule has 0 radical (unpaired) electrons. The SMILES string of the molecule is CC1(C)CS(=O)(=O)c2c(N)cccc2N1. The molecule has 1 aromatic rings.